The van der Waals surface area contributed by atoms with E-state index >= 15 is 0 Å². The maximum atomic E-state index is 10.9. The largest absolute Gasteiger partial charge is 0.378 e. The lowest BCUT2D eigenvalue weighted by molar-refractivity contribution is -0.109. The van der Waals surface area contributed by atoms with Gasteiger partial charge in [0.1, 0.15) is 5.82 Å². The molecule has 3 heterocycles. The zero-order valence-electron chi connectivity index (χ0n) is 19.1. The lowest BCUT2D eigenvalue weighted by Gasteiger charge is -2.29. The number of morpholine rings is 1. The summed E-state index contributed by atoms with van der Waals surface area (Å²) in [5.41, 5.74) is 6.87. The first kappa shape index (κ1) is 23.7. The summed E-state index contributed by atoms with van der Waals surface area (Å²) in [6.45, 7) is 8.97. The number of ether oxygens (including phenoxy) is 1. The minimum absolute atomic E-state index is 0.315. The van der Waals surface area contributed by atoms with Gasteiger partial charge in [-0.2, -0.15) is 5.10 Å². The summed E-state index contributed by atoms with van der Waals surface area (Å²) in [6, 6.07) is 0. The molecular formula is C25H28N6O2S. The van der Waals surface area contributed by atoms with Gasteiger partial charge in [0.05, 0.1) is 30.0 Å². The molecule has 176 valence electrons. The highest BCUT2D eigenvalue weighted by Crippen LogP contribution is 2.31. The van der Waals surface area contributed by atoms with Gasteiger partial charge in [-0.25, -0.2) is 9.97 Å². The fraction of sp³-hybridized carbons (Fsp3) is 0.280. The van der Waals surface area contributed by atoms with Gasteiger partial charge in [0.15, 0.2) is 5.82 Å². The Morgan fingerprint density at radius 2 is 2.12 bits per heavy atom. The molecule has 0 saturated carbocycles. The summed E-state index contributed by atoms with van der Waals surface area (Å²) in [4.78, 5) is 23.5. The number of nitrogens with zero attached hydrogens (tertiary/aromatic N) is 4. The molecule has 1 fully saturated rings. The number of nitrogens with one attached hydrogen (secondary N) is 2. The van der Waals surface area contributed by atoms with Crippen LogP contribution < -0.4 is 15.6 Å². The topological polar surface area (TPSA) is 91.7 Å². The Balaban J connectivity index is 1.76. The molecule has 2 aliphatic heterocycles. The van der Waals surface area contributed by atoms with Crippen molar-refractivity contribution in [2.75, 3.05) is 31.2 Å². The van der Waals surface area contributed by atoms with Crippen LogP contribution in [0.2, 0.25) is 0 Å². The van der Waals surface area contributed by atoms with Gasteiger partial charge >= 0.3 is 0 Å². The van der Waals surface area contributed by atoms with Crippen molar-refractivity contribution in [2.24, 2.45) is 11.0 Å². The maximum absolute atomic E-state index is 10.9. The highest BCUT2D eigenvalue weighted by molar-refractivity contribution is 7.80. The Morgan fingerprint density at radius 1 is 1.29 bits per heavy atom. The van der Waals surface area contributed by atoms with Crippen LogP contribution >= 0.6 is 12.6 Å². The molecule has 1 saturated heterocycles. The first-order chi connectivity index (χ1) is 16.5. The van der Waals surface area contributed by atoms with Crippen LogP contribution in [-0.4, -0.2) is 48.9 Å². The average molecular weight is 477 g/mol. The van der Waals surface area contributed by atoms with Crippen LogP contribution in [0.4, 0.5) is 5.82 Å². The zero-order valence-corrected chi connectivity index (χ0v) is 20.0. The van der Waals surface area contributed by atoms with Crippen LogP contribution in [0.1, 0.15) is 24.9 Å². The van der Waals surface area contributed by atoms with Crippen LogP contribution in [-0.2, 0) is 9.53 Å². The van der Waals surface area contributed by atoms with Gasteiger partial charge in [-0.05, 0) is 47.8 Å². The number of anilines is 1. The third-order valence-corrected chi connectivity index (χ3v) is 5.99. The highest BCUT2D eigenvalue weighted by atomic mass is 32.1. The molecule has 1 aromatic rings. The zero-order chi connectivity index (χ0) is 23.9. The Morgan fingerprint density at radius 3 is 2.91 bits per heavy atom. The molecule has 34 heavy (non-hydrogen) atoms. The van der Waals surface area contributed by atoms with Crippen molar-refractivity contribution in [2.45, 2.75) is 18.2 Å². The van der Waals surface area contributed by atoms with E-state index in [4.69, 9.17) is 27.3 Å². The number of hydrogen-bond donors (Lipinski definition) is 3. The fourth-order valence-electron chi connectivity index (χ4n) is 3.93. The fourth-order valence-corrected chi connectivity index (χ4v) is 4.25. The van der Waals surface area contributed by atoms with Crippen molar-refractivity contribution in [1.82, 2.24) is 20.7 Å². The number of hydrogen-bond acceptors (Lipinski definition) is 8. The van der Waals surface area contributed by atoms with E-state index in [1.165, 1.54) is 0 Å². The SMILES string of the molecule is C=C1/C=N\N/C=C\C=C/1c1nc(/C=C/C2=CC(C)CC(NC=O)=C2)c(S)c(N2CCOCC2)n1. The number of hydrazone groups is 1. The van der Waals surface area contributed by atoms with Crippen LogP contribution in [0.5, 0.6) is 0 Å². The quantitative estimate of drug-likeness (QED) is 0.431. The number of carbonyl (C=O) groups excluding carboxylic acids is 1. The molecule has 1 unspecified atom stereocenters. The molecule has 0 bridgehead atoms. The van der Waals surface area contributed by atoms with E-state index < -0.39 is 0 Å². The van der Waals surface area contributed by atoms with Crippen molar-refractivity contribution in [3.63, 3.8) is 0 Å². The van der Waals surface area contributed by atoms with Crippen molar-refractivity contribution >= 4 is 42.7 Å². The summed E-state index contributed by atoms with van der Waals surface area (Å²) >= 11 is 4.82. The van der Waals surface area contributed by atoms with E-state index in [9.17, 15) is 4.79 Å². The summed E-state index contributed by atoms with van der Waals surface area (Å²) in [7, 11) is 0. The lowest BCUT2D eigenvalue weighted by atomic mass is 9.95. The molecule has 1 aromatic heterocycles. The summed E-state index contributed by atoms with van der Waals surface area (Å²) in [6.07, 6.45) is 16.7. The van der Waals surface area contributed by atoms with E-state index in [0.717, 1.165) is 42.2 Å². The van der Waals surface area contributed by atoms with E-state index in [0.29, 0.717) is 47.5 Å². The molecule has 1 amide bonds. The molecule has 2 N–H and O–H groups in total. The number of thiol groups is 1. The normalized spacial score (nSPS) is 24.2. The summed E-state index contributed by atoms with van der Waals surface area (Å²) < 4.78 is 5.52. The first-order valence-corrected chi connectivity index (χ1v) is 11.6. The Hall–Kier alpha value is -3.43. The van der Waals surface area contributed by atoms with Gasteiger partial charge in [0.2, 0.25) is 6.41 Å². The minimum atomic E-state index is 0.315. The van der Waals surface area contributed by atoms with E-state index in [1.807, 2.05) is 30.4 Å². The molecule has 1 aliphatic carbocycles. The summed E-state index contributed by atoms with van der Waals surface area (Å²) in [5, 5.41) is 6.89. The third kappa shape index (κ3) is 5.73. The van der Waals surface area contributed by atoms with Crippen molar-refractivity contribution in [1.29, 1.82) is 0 Å². The number of allylic oxidation sites excluding steroid dienone is 9. The van der Waals surface area contributed by atoms with Crippen LogP contribution in [0, 0.1) is 5.92 Å². The second-order valence-corrected chi connectivity index (χ2v) is 8.62. The van der Waals surface area contributed by atoms with E-state index in [-0.39, 0.29) is 0 Å². The van der Waals surface area contributed by atoms with Gasteiger partial charge in [0, 0.05) is 30.6 Å². The van der Waals surface area contributed by atoms with Crippen molar-refractivity contribution in [3.8, 4) is 0 Å². The molecule has 0 radical (unpaired) electrons. The van der Waals surface area contributed by atoms with Crippen molar-refractivity contribution in [3.05, 3.63) is 71.5 Å². The molecular weight excluding hydrogens is 448 g/mol. The maximum Gasteiger partial charge on any atom is 0.211 e. The summed E-state index contributed by atoms with van der Waals surface area (Å²) in [5.74, 6) is 1.62. The van der Waals surface area contributed by atoms with Gasteiger partial charge in [-0.1, -0.05) is 25.7 Å². The molecule has 1 atom stereocenters. The van der Waals surface area contributed by atoms with Crippen LogP contribution in [0.25, 0.3) is 11.6 Å². The molecule has 9 heteroatoms. The second kappa shape index (κ2) is 11.1. The van der Waals surface area contributed by atoms with Gasteiger partial charge < -0.3 is 15.0 Å². The highest BCUT2D eigenvalue weighted by Gasteiger charge is 2.21. The molecule has 0 spiro atoms. The molecule has 8 nitrogen and oxygen atoms in total. The monoisotopic (exact) mass is 476 g/mol. The number of amides is 1. The van der Waals surface area contributed by atoms with E-state index in [1.54, 1.807) is 12.4 Å². The predicted molar refractivity (Wildman–Crippen MR) is 138 cm³/mol. The minimum Gasteiger partial charge on any atom is -0.378 e. The standard InChI is InChI=1S/C25H28N6O2S/c1-17-12-19(14-20(13-17)26-16-32)5-6-22-23(34)25(31-8-10-33-11-9-31)30-24(29-22)21-4-3-7-27-28-15-18(21)2/h3-7,12,14-17,27,34H,2,8-11,13H2,1H3,(H,26,32)/b6-5+,7-3-,21-4+,28-15-. The van der Waals surface area contributed by atoms with Gasteiger partial charge in [-0.15, -0.1) is 12.6 Å². The van der Waals surface area contributed by atoms with Crippen LogP contribution in [0.15, 0.2) is 70.0 Å². The van der Waals surface area contributed by atoms with Crippen molar-refractivity contribution < 1.29 is 9.53 Å². The predicted octanol–water partition coefficient (Wildman–Crippen LogP) is 3.25. The lowest BCUT2D eigenvalue weighted by Crippen LogP contribution is -2.37. The first-order valence-electron chi connectivity index (χ1n) is 11.1. The molecule has 0 aromatic carbocycles. The average Bonchev–Trinajstić information content (AvgIpc) is 2.82. The number of aromatic nitrogens is 2. The van der Waals surface area contributed by atoms with E-state index in [2.05, 4.69) is 40.3 Å². The van der Waals surface area contributed by atoms with Gasteiger partial charge in [-0.3, -0.25) is 10.2 Å². The molecule has 4 rings (SSSR count). The van der Waals surface area contributed by atoms with Gasteiger partial charge in [0.25, 0.3) is 0 Å². The Bertz CT molecular complexity index is 1140. The Labute approximate surface area is 205 Å². The Kier molecular flexibility index (Phi) is 7.76. The van der Waals surface area contributed by atoms with Crippen LogP contribution in [0.3, 0.4) is 0 Å². The smallest absolute Gasteiger partial charge is 0.211 e. The third-order valence-electron chi connectivity index (χ3n) is 5.56. The number of rotatable bonds is 6. The molecule has 3 aliphatic rings. The number of carbonyl (C=O) groups is 1. The second-order valence-electron chi connectivity index (χ2n) is 8.17.